The van der Waals surface area contributed by atoms with Crippen molar-refractivity contribution in [2.24, 2.45) is 0 Å². The van der Waals surface area contributed by atoms with Crippen molar-refractivity contribution in [2.75, 3.05) is 38.5 Å². The highest BCUT2D eigenvalue weighted by atomic mass is 15.2. The van der Waals surface area contributed by atoms with Crippen LogP contribution in [0.15, 0.2) is 18.3 Å². The lowest BCUT2D eigenvalue weighted by Gasteiger charge is -2.27. The number of hydrogen-bond donors (Lipinski definition) is 1. The molecular formula is C17H30N4. The van der Waals surface area contributed by atoms with Crippen molar-refractivity contribution in [3.05, 3.63) is 23.9 Å². The molecule has 21 heavy (non-hydrogen) atoms. The normalized spacial score (nSPS) is 19.3. The second-order valence-electron chi connectivity index (χ2n) is 6.10. The summed E-state index contributed by atoms with van der Waals surface area (Å²) >= 11 is 0. The molecule has 1 saturated heterocycles. The van der Waals surface area contributed by atoms with Crippen LogP contribution in [0.25, 0.3) is 0 Å². The van der Waals surface area contributed by atoms with Gasteiger partial charge in [0.1, 0.15) is 5.82 Å². The summed E-state index contributed by atoms with van der Waals surface area (Å²) in [5.74, 6) is 0.983. The summed E-state index contributed by atoms with van der Waals surface area (Å²) < 4.78 is 0. The highest BCUT2D eigenvalue weighted by molar-refractivity contribution is 5.35. The minimum Gasteiger partial charge on any atom is -0.370 e. The van der Waals surface area contributed by atoms with E-state index >= 15 is 0 Å². The predicted octanol–water partition coefficient (Wildman–Crippen LogP) is 2.82. The minimum absolute atomic E-state index is 0.735. The maximum absolute atomic E-state index is 4.48. The van der Waals surface area contributed by atoms with E-state index < -0.39 is 0 Å². The van der Waals surface area contributed by atoms with E-state index in [0.29, 0.717) is 0 Å². The first-order chi connectivity index (χ1) is 10.2. The van der Waals surface area contributed by atoms with Gasteiger partial charge in [0.2, 0.25) is 0 Å². The zero-order valence-corrected chi connectivity index (χ0v) is 13.8. The molecule has 2 rings (SSSR count). The van der Waals surface area contributed by atoms with Crippen molar-refractivity contribution in [1.29, 1.82) is 0 Å². The number of aromatic nitrogens is 1. The molecular weight excluding hydrogens is 260 g/mol. The number of nitrogens with one attached hydrogen (secondary N) is 1. The standard InChI is InChI=1S/C17H30N4/c1-4-10-18-17-9-8-15(12-19-17)13-20(3)14-16-7-6-11-21(16)5-2/h8-9,12,16H,4-7,10-11,13-14H2,1-3H3,(H,18,19). The maximum atomic E-state index is 4.48. The Kier molecular flexibility index (Phi) is 6.46. The molecule has 0 amide bonds. The summed E-state index contributed by atoms with van der Waals surface area (Å²) in [4.78, 5) is 9.51. The molecule has 1 aromatic rings. The molecule has 1 N–H and O–H groups in total. The van der Waals surface area contributed by atoms with Gasteiger partial charge in [0.05, 0.1) is 0 Å². The van der Waals surface area contributed by atoms with E-state index in [-0.39, 0.29) is 0 Å². The van der Waals surface area contributed by atoms with Crippen molar-refractivity contribution in [3.63, 3.8) is 0 Å². The second-order valence-corrected chi connectivity index (χ2v) is 6.10. The quantitative estimate of drug-likeness (QED) is 0.798. The summed E-state index contributed by atoms with van der Waals surface area (Å²) in [7, 11) is 2.22. The molecule has 0 radical (unpaired) electrons. The lowest BCUT2D eigenvalue weighted by Crippen LogP contribution is -2.38. The summed E-state index contributed by atoms with van der Waals surface area (Å²) in [6.07, 6.45) is 5.82. The highest BCUT2D eigenvalue weighted by Crippen LogP contribution is 2.18. The molecule has 0 spiro atoms. The van der Waals surface area contributed by atoms with E-state index in [1.165, 1.54) is 31.5 Å². The van der Waals surface area contributed by atoms with E-state index in [9.17, 15) is 0 Å². The van der Waals surface area contributed by atoms with Gasteiger partial charge in [0.15, 0.2) is 0 Å². The Labute approximate surface area is 129 Å². The van der Waals surface area contributed by atoms with Gasteiger partial charge in [-0.05, 0) is 51.0 Å². The average Bonchev–Trinajstić information content (AvgIpc) is 2.93. The zero-order valence-electron chi connectivity index (χ0n) is 13.8. The van der Waals surface area contributed by atoms with Crippen LogP contribution in [0.5, 0.6) is 0 Å². The van der Waals surface area contributed by atoms with E-state index in [1.807, 2.05) is 6.20 Å². The van der Waals surface area contributed by atoms with Crippen LogP contribution < -0.4 is 5.32 Å². The fourth-order valence-electron chi connectivity index (χ4n) is 3.13. The number of nitrogens with zero attached hydrogens (tertiary/aromatic N) is 3. The SMILES string of the molecule is CCCNc1ccc(CN(C)CC2CCCN2CC)cn1. The number of likely N-dealkylation sites (N-methyl/N-ethyl adjacent to an activating group) is 2. The Bertz CT molecular complexity index is 404. The van der Waals surface area contributed by atoms with Crippen LogP contribution in [0.1, 0.15) is 38.7 Å². The Morgan fingerprint density at radius 2 is 2.24 bits per heavy atom. The lowest BCUT2D eigenvalue weighted by molar-refractivity contribution is 0.194. The molecule has 1 aliphatic rings. The molecule has 1 atom stereocenters. The Morgan fingerprint density at radius 1 is 1.38 bits per heavy atom. The van der Waals surface area contributed by atoms with Gasteiger partial charge in [0.25, 0.3) is 0 Å². The van der Waals surface area contributed by atoms with Crippen molar-refractivity contribution >= 4 is 5.82 Å². The molecule has 4 heteroatoms. The fourth-order valence-corrected chi connectivity index (χ4v) is 3.13. The number of anilines is 1. The van der Waals surface area contributed by atoms with Crippen LogP contribution in [0.3, 0.4) is 0 Å². The van der Waals surface area contributed by atoms with Gasteiger partial charge in [-0.25, -0.2) is 4.98 Å². The van der Waals surface area contributed by atoms with Gasteiger partial charge < -0.3 is 10.2 Å². The third-order valence-corrected chi connectivity index (χ3v) is 4.26. The summed E-state index contributed by atoms with van der Waals surface area (Å²) in [6, 6.07) is 5.01. The van der Waals surface area contributed by atoms with Crippen molar-refractivity contribution in [2.45, 2.75) is 45.7 Å². The van der Waals surface area contributed by atoms with Crippen LogP contribution in [-0.4, -0.2) is 54.1 Å². The molecule has 0 aromatic carbocycles. The average molecular weight is 290 g/mol. The first kappa shape index (κ1) is 16.2. The van der Waals surface area contributed by atoms with Gasteiger partial charge in [0, 0.05) is 31.9 Å². The number of rotatable bonds is 8. The predicted molar refractivity (Wildman–Crippen MR) is 89.6 cm³/mol. The van der Waals surface area contributed by atoms with Crippen LogP contribution >= 0.6 is 0 Å². The summed E-state index contributed by atoms with van der Waals surface area (Å²) in [6.45, 7) is 10.0. The molecule has 1 aliphatic heterocycles. The molecule has 4 nitrogen and oxygen atoms in total. The molecule has 1 aromatic heterocycles. The third kappa shape index (κ3) is 4.97. The van der Waals surface area contributed by atoms with Crippen molar-refractivity contribution in [1.82, 2.24) is 14.8 Å². The fraction of sp³-hybridized carbons (Fsp3) is 0.706. The molecule has 0 saturated carbocycles. The number of likely N-dealkylation sites (tertiary alicyclic amines) is 1. The van der Waals surface area contributed by atoms with E-state index in [0.717, 1.165) is 37.9 Å². The van der Waals surface area contributed by atoms with E-state index in [1.54, 1.807) is 0 Å². The number of pyridine rings is 1. The zero-order chi connectivity index (χ0) is 15.1. The van der Waals surface area contributed by atoms with Crippen molar-refractivity contribution < 1.29 is 0 Å². The minimum atomic E-state index is 0.735. The molecule has 118 valence electrons. The first-order valence-electron chi connectivity index (χ1n) is 8.34. The van der Waals surface area contributed by atoms with Gasteiger partial charge >= 0.3 is 0 Å². The van der Waals surface area contributed by atoms with Crippen LogP contribution in [0, 0.1) is 0 Å². The molecule has 0 aliphatic carbocycles. The van der Waals surface area contributed by atoms with Crippen LogP contribution in [0.2, 0.25) is 0 Å². The van der Waals surface area contributed by atoms with Gasteiger partial charge in [-0.1, -0.05) is 19.9 Å². The number of hydrogen-bond acceptors (Lipinski definition) is 4. The molecule has 0 bridgehead atoms. The van der Waals surface area contributed by atoms with Crippen molar-refractivity contribution in [3.8, 4) is 0 Å². The monoisotopic (exact) mass is 290 g/mol. The largest absolute Gasteiger partial charge is 0.370 e. The maximum Gasteiger partial charge on any atom is 0.125 e. The molecule has 1 unspecified atom stereocenters. The topological polar surface area (TPSA) is 31.4 Å². The molecule has 2 heterocycles. The summed E-state index contributed by atoms with van der Waals surface area (Å²) in [5, 5.41) is 3.32. The van der Waals surface area contributed by atoms with Gasteiger partial charge in [-0.3, -0.25) is 4.90 Å². The van der Waals surface area contributed by atoms with E-state index in [4.69, 9.17) is 0 Å². The smallest absolute Gasteiger partial charge is 0.125 e. The summed E-state index contributed by atoms with van der Waals surface area (Å²) in [5.41, 5.74) is 1.29. The van der Waals surface area contributed by atoms with E-state index in [2.05, 4.69) is 53.1 Å². The first-order valence-corrected chi connectivity index (χ1v) is 8.34. The Morgan fingerprint density at radius 3 is 2.90 bits per heavy atom. The highest BCUT2D eigenvalue weighted by Gasteiger charge is 2.23. The lowest BCUT2D eigenvalue weighted by atomic mass is 10.2. The molecule has 1 fully saturated rings. The van der Waals surface area contributed by atoms with Gasteiger partial charge in [-0.15, -0.1) is 0 Å². The second kappa shape index (κ2) is 8.35. The Hall–Kier alpha value is -1.13. The van der Waals surface area contributed by atoms with Gasteiger partial charge in [-0.2, -0.15) is 0 Å². The third-order valence-electron chi connectivity index (χ3n) is 4.26. The van der Waals surface area contributed by atoms with Crippen LogP contribution in [0.4, 0.5) is 5.82 Å². The van der Waals surface area contributed by atoms with Crippen LogP contribution in [-0.2, 0) is 6.54 Å². The Balaban J connectivity index is 1.80.